The van der Waals surface area contributed by atoms with Crippen LogP contribution in [0.4, 0.5) is 5.69 Å². The molecule has 0 aliphatic rings. The summed E-state index contributed by atoms with van der Waals surface area (Å²) in [6, 6.07) is 7.69. The average Bonchev–Trinajstić information content (AvgIpc) is 3.08. The van der Waals surface area contributed by atoms with Gasteiger partial charge in [-0.05, 0) is 29.8 Å². The van der Waals surface area contributed by atoms with Gasteiger partial charge in [0, 0.05) is 30.9 Å². The van der Waals surface area contributed by atoms with Gasteiger partial charge in [0.05, 0.1) is 12.0 Å². The molecule has 0 atom stereocenters. The summed E-state index contributed by atoms with van der Waals surface area (Å²) in [4.78, 5) is 39.6. The maximum absolute atomic E-state index is 12.5. The summed E-state index contributed by atoms with van der Waals surface area (Å²) in [7, 11) is 3.92. The van der Waals surface area contributed by atoms with Crippen LogP contribution in [-0.2, 0) is 5.41 Å². The lowest BCUT2D eigenvalue weighted by molar-refractivity contribution is 0.571. The fraction of sp³-hybridized carbons (Fsp3) is 0.286. The minimum absolute atomic E-state index is 0.165. The largest absolute Gasteiger partial charge is 0.378 e. The molecule has 28 heavy (non-hydrogen) atoms. The van der Waals surface area contributed by atoms with Crippen LogP contribution in [0.15, 0.2) is 40.2 Å². The summed E-state index contributed by atoms with van der Waals surface area (Å²) >= 11 is 0. The number of nitrogens with zero attached hydrogens (tertiary/aromatic N) is 2. The zero-order chi connectivity index (χ0) is 20.5. The van der Waals surface area contributed by atoms with Crippen molar-refractivity contribution in [1.82, 2.24) is 19.9 Å². The normalized spacial score (nSPS) is 13.2. The van der Waals surface area contributed by atoms with Crippen LogP contribution >= 0.6 is 0 Å². The van der Waals surface area contributed by atoms with Gasteiger partial charge in [-0.1, -0.05) is 32.9 Å². The Morgan fingerprint density at radius 1 is 0.929 bits per heavy atom. The van der Waals surface area contributed by atoms with E-state index in [9.17, 15) is 9.59 Å². The highest BCUT2D eigenvalue weighted by Crippen LogP contribution is 2.22. The first-order chi connectivity index (χ1) is 13.1. The maximum atomic E-state index is 12.5. The van der Waals surface area contributed by atoms with Crippen LogP contribution in [0.25, 0.3) is 12.2 Å². The van der Waals surface area contributed by atoms with Crippen molar-refractivity contribution in [2.45, 2.75) is 26.2 Å². The maximum Gasteiger partial charge on any atom is 0.272 e. The van der Waals surface area contributed by atoms with Gasteiger partial charge in [-0.25, -0.2) is 4.98 Å². The van der Waals surface area contributed by atoms with Crippen LogP contribution in [0.5, 0.6) is 0 Å². The Morgan fingerprint density at radius 2 is 1.50 bits per heavy atom. The lowest BCUT2D eigenvalue weighted by atomic mass is 9.90. The molecule has 0 amide bonds. The number of aromatic nitrogens is 4. The predicted molar refractivity (Wildman–Crippen MR) is 112 cm³/mol. The Bertz CT molecular complexity index is 1210. The molecule has 146 valence electrons. The average molecular weight is 379 g/mol. The summed E-state index contributed by atoms with van der Waals surface area (Å²) in [5.41, 5.74) is 2.49. The molecule has 3 aromatic rings. The standard InChI is InChI=1S/C21H25N5O2/c1-21(2,3)18-15(22-12-23-18)11-17-20(28)24-16(19(27)25-17)10-13-6-8-14(9-7-13)26(4)5/h6-12H,1-5H3,(H,22,23)(H,24,28)(H,25,27)/b16-10-,17-11-. The molecule has 0 spiro atoms. The molecule has 1 aromatic carbocycles. The van der Waals surface area contributed by atoms with E-state index in [1.54, 1.807) is 18.5 Å². The van der Waals surface area contributed by atoms with Crippen molar-refractivity contribution in [3.05, 3.63) is 78.9 Å². The number of hydrogen-bond donors (Lipinski definition) is 3. The van der Waals surface area contributed by atoms with E-state index in [0.717, 1.165) is 16.9 Å². The summed E-state index contributed by atoms with van der Waals surface area (Å²) in [6.07, 6.45) is 4.82. The molecule has 0 aliphatic carbocycles. The van der Waals surface area contributed by atoms with Crippen molar-refractivity contribution in [2.75, 3.05) is 19.0 Å². The van der Waals surface area contributed by atoms with Crippen LogP contribution in [-0.4, -0.2) is 34.0 Å². The molecular formula is C21H25N5O2. The molecule has 0 fully saturated rings. The number of hydrogen-bond acceptors (Lipinski definition) is 4. The lowest BCUT2D eigenvalue weighted by Crippen LogP contribution is -2.46. The molecule has 3 rings (SSSR count). The van der Waals surface area contributed by atoms with Crippen molar-refractivity contribution in [1.29, 1.82) is 0 Å². The van der Waals surface area contributed by atoms with Gasteiger partial charge in [0.1, 0.15) is 10.7 Å². The first kappa shape index (κ1) is 19.4. The Balaban J connectivity index is 2.06. The molecular weight excluding hydrogens is 354 g/mol. The predicted octanol–water partition coefficient (Wildman–Crippen LogP) is 0.807. The van der Waals surface area contributed by atoms with E-state index in [1.807, 2.05) is 64.0 Å². The second-order valence-electron chi connectivity index (χ2n) is 7.92. The van der Waals surface area contributed by atoms with Crippen LogP contribution in [0.3, 0.4) is 0 Å². The third-order valence-corrected chi connectivity index (χ3v) is 4.41. The molecule has 0 bridgehead atoms. The second-order valence-corrected chi connectivity index (χ2v) is 7.92. The number of nitrogens with one attached hydrogen (secondary N) is 3. The summed E-state index contributed by atoms with van der Waals surface area (Å²) in [6.45, 7) is 6.14. The van der Waals surface area contributed by atoms with E-state index in [2.05, 4.69) is 19.9 Å². The van der Waals surface area contributed by atoms with Crippen LogP contribution in [0.1, 0.15) is 37.7 Å². The van der Waals surface area contributed by atoms with E-state index >= 15 is 0 Å². The Hall–Kier alpha value is -3.35. The lowest BCUT2D eigenvalue weighted by Gasteiger charge is -2.16. The summed E-state index contributed by atoms with van der Waals surface area (Å²) < 4.78 is 0. The molecule has 0 aliphatic heterocycles. The van der Waals surface area contributed by atoms with Gasteiger partial charge in [-0.3, -0.25) is 9.59 Å². The van der Waals surface area contributed by atoms with E-state index in [-0.39, 0.29) is 27.2 Å². The van der Waals surface area contributed by atoms with Crippen LogP contribution in [0.2, 0.25) is 0 Å². The minimum Gasteiger partial charge on any atom is -0.378 e. The molecule has 2 heterocycles. The van der Waals surface area contributed by atoms with E-state index in [4.69, 9.17) is 0 Å². The quantitative estimate of drug-likeness (QED) is 0.627. The highest BCUT2D eigenvalue weighted by molar-refractivity contribution is 5.55. The Labute approximate surface area is 162 Å². The summed E-state index contributed by atoms with van der Waals surface area (Å²) in [5.74, 6) is 0. The SMILES string of the molecule is CN(C)c1ccc(/C=c2\[nH]c(=O)/c(=C/c3nc[nH]c3C(C)(C)C)[nH]c2=O)cc1. The van der Waals surface area contributed by atoms with Crippen LogP contribution < -0.4 is 26.7 Å². The number of anilines is 1. The fourth-order valence-corrected chi connectivity index (χ4v) is 2.88. The zero-order valence-electron chi connectivity index (χ0n) is 16.8. The molecule has 2 aromatic heterocycles. The molecule has 7 heteroatoms. The van der Waals surface area contributed by atoms with E-state index in [0.29, 0.717) is 5.69 Å². The Morgan fingerprint density at radius 3 is 2.04 bits per heavy atom. The zero-order valence-corrected chi connectivity index (χ0v) is 16.8. The second kappa shape index (κ2) is 7.34. The van der Waals surface area contributed by atoms with Gasteiger partial charge < -0.3 is 19.9 Å². The van der Waals surface area contributed by atoms with Gasteiger partial charge in [-0.2, -0.15) is 0 Å². The number of rotatable bonds is 3. The summed E-state index contributed by atoms with van der Waals surface area (Å²) in [5, 5.41) is 0.375. The highest BCUT2D eigenvalue weighted by atomic mass is 16.1. The van der Waals surface area contributed by atoms with Gasteiger partial charge in [0.25, 0.3) is 11.1 Å². The molecule has 7 nitrogen and oxygen atoms in total. The molecule has 0 unspecified atom stereocenters. The number of aromatic amines is 3. The van der Waals surface area contributed by atoms with E-state index < -0.39 is 0 Å². The van der Waals surface area contributed by atoms with Crippen molar-refractivity contribution in [3.8, 4) is 0 Å². The molecule has 0 radical (unpaired) electrons. The van der Waals surface area contributed by atoms with Crippen molar-refractivity contribution < 1.29 is 0 Å². The smallest absolute Gasteiger partial charge is 0.272 e. The van der Waals surface area contributed by atoms with Crippen molar-refractivity contribution >= 4 is 17.8 Å². The molecule has 3 N–H and O–H groups in total. The fourth-order valence-electron chi connectivity index (χ4n) is 2.88. The third kappa shape index (κ3) is 4.14. The number of benzene rings is 1. The number of H-pyrrole nitrogens is 3. The minimum atomic E-state index is -0.376. The Kier molecular flexibility index (Phi) is 5.09. The van der Waals surface area contributed by atoms with Crippen LogP contribution in [0, 0.1) is 0 Å². The van der Waals surface area contributed by atoms with Gasteiger partial charge >= 0.3 is 0 Å². The third-order valence-electron chi connectivity index (χ3n) is 4.41. The first-order valence-electron chi connectivity index (χ1n) is 9.02. The van der Waals surface area contributed by atoms with Gasteiger partial charge in [-0.15, -0.1) is 0 Å². The molecule has 0 saturated heterocycles. The van der Waals surface area contributed by atoms with Crippen molar-refractivity contribution in [2.24, 2.45) is 0 Å². The topological polar surface area (TPSA) is 97.6 Å². The van der Waals surface area contributed by atoms with E-state index in [1.165, 1.54) is 0 Å². The molecule has 0 saturated carbocycles. The number of imidazole rings is 1. The monoisotopic (exact) mass is 379 g/mol. The van der Waals surface area contributed by atoms with Gasteiger partial charge in [0.15, 0.2) is 0 Å². The van der Waals surface area contributed by atoms with Crippen molar-refractivity contribution in [3.63, 3.8) is 0 Å². The highest BCUT2D eigenvalue weighted by Gasteiger charge is 2.19. The first-order valence-corrected chi connectivity index (χ1v) is 9.02. The van der Waals surface area contributed by atoms with Gasteiger partial charge in [0.2, 0.25) is 0 Å².